The summed E-state index contributed by atoms with van der Waals surface area (Å²) in [6.45, 7) is -0.355. The highest BCUT2D eigenvalue weighted by atomic mass is 32.2. The molecule has 1 aliphatic carbocycles. The summed E-state index contributed by atoms with van der Waals surface area (Å²) in [4.78, 5) is 40.2. The van der Waals surface area contributed by atoms with Gasteiger partial charge in [0.1, 0.15) is 10.8 Å². The van der Waals surface area contributed by atoms with Crippen molar-refractivity contribution in [1.82, 2.24) is 15.6 Å². The molecule has 0 spiro atoms. The first-order valence-electron chi connectivity index (χ1n) is 10.9. The highest BCUT2D eigenvalue weighted by Gasteiger charge is 2.34. The lowest BCUT2D eigenvalue weighted by atomic mass is 10.0. The Morgan fingerprint density at radius 2 is 1.89 bits per heavy atom. The first-order valence-corrected chi connectivity index (χ1v) is 13.6. The second-order valence-electron chi connectivity index (χ2n) is 8.31. The van der Waals surface area contributed by atoms with Crippen molar-refractivity contribution < 1.29 is 31.9 Å². The van der Waals surface area contributed by atoms with Gasteiger partial charge in [-0.1, -0.05) is 12.1 Å². The summed E-state index contributed by atoms with van der Waals surface area (Å²) in [5, 5.41) is 5.90. The molecule has 1 saturated carbocycles. The third kappa shape index (κ3) is 5.97. The Balaban J connectivity index is 1.59. The molecule has 0 bridgehead atoms. The minimum absolute atomic E-state index is 0.0261. The van der Waals surface area contributed by atoms with Gasteiger partial charge in [0.25, 0.3) is 0 Å². The highest BCUT2D eigenvalue weighted by Crippen LogP contribution is 2.35. The number of carbonyl (C=O) groups is 3. The summed E-state index contributed by atoms with van der Waals surface area (Å²) in [5.41, 5.74) is 1.41. The summed E-state index contributed by atoms with van der Waals surface area (Å²) in [5.74, 6) is -1.87. The standard InChI is InChI=1S/C23H23FN4O6S2/c1-34-23(31)27-14-5-3-12(4-6-14)15-9-18-17(10-16(15)24)28-22(35-18)20(36(2,32)33)21(30)25-11-19(29)26-13-7-8-13/h3-6,9-10,13,20H,7-8,11H2,1-2H3,(H,25,30)(H,26,29)(H,27,31). The summed E-state index contributed by atoms with van der Waals surface area (Å²) in [6, 6.07) is 9.18. The fraction of sp³-hybridized carbons (Fsp3) is 0.304. The molecule has 1 aliphatic rings. The van der Waals surface area contributed by atoms with Crippen LogP contribution in [0.5, 0.6) is 0 Å². The number of halogens is 1. The number of fused-ring (bicyclic) bond motifs is 1. The molecule has 3 amide bonds. The van der Waals surface area contributed by atoms with E-state index >= 15 is 0 Å². The van der Waals surface area contributed by atoms with E-state index in [1.807, 2.05) is 0 Å². The average Bonchev–Trinajstić information content (AvgIpc) is 3.54. The zero-order valence-electron chi connectivity index (χ0n) is 19.3. The molecule has 1 heterocycles. The topological polar surface area (TPSA) is 144 Å². The number of sulfone groups is 1. The zero-order valence-corrected chi connectivity index (χ0v) is 21.0. The largest absolute Gasteiger partial charge is 0.453 e. The van der Waals surface area contributed by atoms with Crippen LogP contribution in [0.1, 0.15) is 23.1 Å². The first-order chi connectivity index (χ1) is 17.0. The van der Waals surface area contributed by atoms with E-state index in [9.17, 15) is 27.2 Å². The molecule has 13 heteroatoms. The molecule has 0 saturated heterocycles. The molecule has 1 aromatic heterocycles. The fourth-order valence-corrected chi connectivity index (χ4v) is 5.99. The molecule has 1 unspecified atom stereocenters. The number of aromatic nitrogens is 1. The number of hydrogen-bond donors (Lipinski definition) is 3. The quantitative estimate of drug-likeness (QED) is 0.403. The van der Waals surface area contributed by atoms with E-state index in [-0.39, 0.29) is 28.7 Å². The molecule has 190 valence electrons. The second-order valence-corrected chi connectivity index (χ2v) is 11.5. The van der Waals surface area contributed by atoms with Gasteiger partial charge in [0.2, 0.25) is 11.8 Å². The number of benzene rings is 2. The lowest BCUT2D eigenvalue weighted by molar-refractivity contribution is -0.126. The number of nitrogens with zero attached hydrogens (tertiary/aromatic N) is 1. The van der Waals surface area contributed by atoms with Gasteiger partial charge >= 0.3 is 6.09 Å². The summed E-state index contributed by atoms with van der Waals surface area (Å²) < 4.78 is 44.9. The predicted molar refractivity (Wildman–Crippen MR) is 133 cm³/mol. The van der Waals surface area contributed by atoms with Gasteiger partial charge in [-0.05, 0) is 36.6 Å². The SMILES string of the molecule is COC(=O)Nc1ccc(-c2cc3sc(C(C(=O)NCC(=O)NC4CC4)S(C)(=O)=O)nc3cc2F)cc1. The highest BCUT2D eigenvalue weighted by molar-refractivity contribution is 7.91. The van der Waals surface area contributed by atoms with Crippen molar-refractivity contribution in [1.29, 1.82) is 0 Å². The van der Waals surface area contributed by atoms with E-state index in [1.165, 1.54) is 19.2 Å². The molecule has 4 rings (SSSR count). The molecule has 3 aromatic rings. The molecular weight excluding hydrogens is 511 g/mol. The van der Waals surface area contributed by atoms with Crippen LogP contribution in [0.25, 0.3) is 21.3 Å². The average molecular weight is 535 g/mol. The monoisotopic (exact) mass is 534 g/mol. The predicted octanol–water partition coefficient (Wildman–Crippen LogP) is 2.76. The normalized spacial score (nSPS) is 14.2. The maximum atomic E-state index is 14.9. The molecular formula is C23H23FN4O6S2. The lowest BCUT2D eigenvalue weighted by Gasteiger charge is -2.12. The number of carbonyl (C=O) groups excluding carboxylic acids is 3. The van der Waals surface area contributed by atoms with E-state index < -0.39 is 38.8 Å². The van der Waals surface area contributed by atoms with Crippen molar-refractivity contribution in [3.05, 3.63) is 47.2 Å². The Labute approximate surface area is 210 Å². The number of nitrogens with one attached hydrogen (secondary N) is 3. The number of hydrogen-bond acceptors (Lipinski definition) is 8. The Morgan fingerprint density at radius 3 is 2.50 bits per heavy atom. The minimum Gasteiger partial charge on any atom is -0.453 e. The van der Waals surface area contributed by atoms with E-state index in [1.54, 1.807) is 24.3 Å². The Bertz CT molecular complexity index is 1430. The van der Waals surface area contributed by atoms with Crippen LogP contribution in [0, 0.1) is 5.82 Å². The molecule has 3 N–H and O–H groups in total. The van der Waals surface area contributed by atoms with Crippen LogP contribution < -0.4 is 16.0 Å². The second kappa shape index (κ2) is 10.2. The van der Waals surface area contributed by atoms with Crippen LogP contribution in [-0.2, 0) is 24.2 Å². The number of anilines is 1. The smallest absolute Gasteiger partial charge is 0.411 e. The van der Waals surface area contributed by atoms with Crippen LogP contribution in [0.15, 0.2) is 36.4 Å². The maximum Gasteiger partial charge on any atom is 0.411 e. The van der Waals surface area contributed by atoms with Gasteiger partial charge in [0.15, 0.2) is 15.1 Å². The van der Waals surface area contributed by atoms with Crippen LogP contribution in [0.2, 0.25) is 0 Å². The van der Waals surface area contributed by atoms with Gasteiger partial charge in [-0.15, -0.1) is 11.3 Å². The number of thiazole rings is 1. The Hall–Kier alpha value is -3.58. The van der Waals surface area contributed by atoms with Crippen LogP contribution in [0.3, 0.4) is 0 Å². The first kappa shape index (κ1) is 25.5. The van der Waals surface area contributed by atoms with Crippen molar-refractivity contribution in [3.8, 4) is 11.1 Å². The number of ether oxygens (including phenoxy) is 1. The summed E-state index contributed by atoms with van der Waals surface area (Å²) in [6.07, 6.45) is 2.03. The van der Waals surface area contributed by atoms with E-state index in [0.29, 0.717) is 16.0 Å². The van der Waals surface area contributed by atoms with Gasteiger partial charge < -0.3 is 15.4 Å². The minimum atomic E-state index is -3.95. The molecule has 1 fully saturated rings. The van der Waals surface area contributed by atoms with Crippen molar-refractivity contribution in [2.75, 3.05) is 25.2 Å². The van der Waals surface area contributed by atoms with Gasteiger partial charge in [-0.2, -0.15) is 0 Å². The van der Waals surface area contributed by atoms with Crippen molar-refractivity contribution in [2.24, 2.45) is 0 Å². The van der Waals surface area contributed by atoms with Gasteiger partial charge in [-0.25, -0.2) is 22.6 Å². The zero-order chi connectivity index (χ0) is 26.0. The van der Waals surface area contributed by atoms with Crippen LogP contribution >= 0.6 is 11.3 Å². The third-order valence-corrected chi connectivity index (χ3v) is 7.90. The van der Waals surface area contributed by atoms with Crippen molar-refractivity contribution in [2.45, 2.75) is 24.1 Å². The van der Waals surface area contributed by atoms with Crippen LogP contribution in [0.4, 0.5) is 14.9 Å². The number of rotatable bonds is 8. The van der Waals surface area contributed by atoms with E-state index in [0.717, 1.165) is 30.4 Å². The van der Waals surface area contributed by atoms with E-state index in [4.69, 9.17) is 0 Å². The van der Waals surface area contributed by atoms with Gasteiger partial charge in [0, 0.05) is 29.6 Å². The molecule has 10 nitrogen and oxygen atoms in total. The Morgan fingerprint density at radius 1 is 1.19 bits per heavy atom. The van der Waals surface area contributed by atoms with Gasteiger partial charge in [-0.3, -0.25) is 14.9 Å². The third-order valence-electron chi connectivity index (χ3n) is 5.38. The number of amides is 3. The lowest BCUT2D eigenvalue weighted by Crippen LogP contribution is -2.41. The Kier molecular flexibility index (Phi) is 7.22. The van der Waals surface area contributed by atoms with Crippen molar-refractivity contribution in [3.63, 3.8) is 0 Å². The molecule has 1 atom stereocenters. The number of methoxy groups -OCH3 is 1. The van der Waals surface area contributed by atoms with Gasteiger partial charge in [0.05, 0.1) is 23.9 Å². The maximum absolute atomic E-state index is 14.9. The molecule has 2 aromatic carbocycles. The fourth-order valence-electron chi connectivity index (χ4n) is 3.46. The molecule has 0 radical (unpaired) electrons. The van der Waals surface area contributed by atoms with E-state index in [2.05, 4.69) is 25.7 Å². The van der Waals surface area contributed by atoms with Crippen LogP contribution in [-0.4, -0.2) is 57.3 Å². The van der Waals surface area contributed by atoms with Crippen molar-refractivity contribution >= 4 is 55.0 Å². The summed E-state index contributed by atoms with van der Waals surface area (Å²) in [7, 11) is -2.71. The summed E-state index contributed by atoms with van der Waals surface area (Å²) >= 11 is 0.956. The molecule has 0 aliphatic heterocycles. The molecule has 36 heavy (non-hydrogen) atoms.